The summed E-state index contributed by atoms with van der Waals surface area (Å²) in [5.74, 6) is 0.242. The van der Waals surface area contributed by atoms with Crippen molar-refractivity contribution in [2.24, 2.45) is 0 Å². The number of nitrogens with zero attached hydrogens (tertiary/aromatic N) is 5. The number of anilines is 1. The van der Waals surface area contributed by atoms with Crippen molar-refractivity contribution in [1.82, 2.24) is 19.3 Å². The first-order valence-corrected chi connectivity index (χ1v) is 9.84. The first kappa shape index (κ1) is 17.7. The normalized spacial score (nSPS) is 15.1. The molecule has 1 saturated heterocycles. The second-order valence-corrected chi connectivity index (χ2v) is 7.53. The van der Waals surface area contributed by atoms with Crippen LogP contribution in [0.4, 0.5) is 5.69 Å². The molecule has 1 aliphatic rings. The third-order valence-electron chi connectivity index (χ3n) is 5.57. The number of phenolic OH excluding ortho intramolecular Hbond substituents is 1. The molecule has 29 heavy (non-hydrogen) atoms. The fraction of sp³-hybridized carbons (Fsp3) is 0.217. The molecule has 2 aromatic heterocycles. The van der Waals surface area contributed by atoms with Crippen molar-refractivity contribution in [3.8, 4) is 28.3 Å². The Morgan fingerprint density at radius 2 is 1.66 bits per heavy atom. The summed E-state index contributed by atoms with van der Waals surface area (Å²) in [6, 6.07) is 15.8. The maximum atomic E-state index is 9.82. The second-order valence-electron chi connectivity index (χ2n) is 7.53. The van der Waals surface area contributed by atoms with Crippen LogP contribution in [0.1, 0.15) is 0 Å². The van der Waals surface area contributed by atoms with Crippen LogP contribution in [-0.4, -0.2) is 57.6 Å². The van der Waals surface area contributed by atoms with E-state index in [1.807, 2.05) is 28.9 Å². The van der Waals surface area contributed by atoms with Crippen LogP contribution < -0.4 is 4.90 Å². The van der Waals surface area contributed by atoms with Crippen LogP contribution in [0.25, 0.3) is 28.2 Å². The smallest absolute Gasteiger partial charge is 0.155 e. The van der Waals surface area contributed by atoms with Gasteiger partial charge in [0.05, 0.1) is 23.8 Å². The van der Waals surface area contributed by atoms with E-state index in [9.17, 15) is 5.11 Å². The highest BCUT2D eigenvalue weighted by molar-refractivity contribution is 5.68. The molecule has 6 heteroatoms. The van der Waals surface area contributed by atoms with E-state index in [1.165, 1.54) is 5.69 Å². The topological polar surface area (TPSA) is 56.9 Å². The Hall–Kier alpha value is -3.38. The minimum atomic E-state index is 0.242. The number of aromatic hydroxyl groups is 1. The third-order valence-corrected chi connectivity index (χ3v) is 5.57. The van der Waals surface area contributed by atoms with Crippen molar-refractivity contribution in [3.63, 3.8) is 0 Å². The number of hydrogen-bond donors (Lipinski definition) is 1. The number of imidazole rings is 1. The number of fused-ring (bicyclic) bond motifs is 1. The number of rotatable bonds is 3. The molecule has 3 heterocycles. The van der Waals surface area contributed by atoms with Crippen molar-refractivity contribution in [2.45, 2.75) is 0 Å². The van der Waals surface area contributed by atoms with Crippen molar-refractivity contribution in [1.29, 1.82) is 0 Å². The van der Waals surface area contributed by atoms with Crippen molar-refractivity contribution < 1.29 is 5.11 Å². The van der Waals surface area contributed by atoms with Gasteiger partial charge in [-0.1, -0.05) is 24.3 Å². The molecule has 0 bridgehead atoms. The molecule has 146 valence electrons. The Kier molecular flexibility index (Phi) is 4.41. The quantitative estimate of drug-likeness (QED) is 0.585. The van der Waals surface area contributed by atoms with Gasteiger partial charge in [0.2, 0.25) is 0 Å². The van der Waals surface area contributed by atoms with Crippen LogP contribution in [0, 0.1) is 0 Å². The fourth-order valence-electron chi connectivity index (χ4n) is 3.82. The lowest BCUT2D eigenvalue weighted by Crippen LogP contribution is -2.44. The molecule has 0 unspecified atom stereocenters. The van der Waals surface area contributed by atoms with Crippen molar-refractivity contribution in [3.05, 3.63) is 67.1 Å². The van der Waals surface area contributed by atoms with E-state index in [1.54, 1.807) is 18.3 Å². The predicted octanol–water partition coefficient (Wildman–Crippen LogP) is 3.52. The third kappa shape index (κ3) is 3.43. The summed E-state index contributed by atoms with van der Waals surface area (Å²) in [7, 11) is 2.17. The van der Waals surface area contributed by atoms with Gasteiger partial charge >= 0.3 is 0 Å². The molecule has 6 nitrogen and oxygen atoms in total. The molecule has 5 rings (SSSR count). The van der Waals surface area contributed by atoms with Crippen molar-refractivity contribution in [2.75, 3.05) is 38.1 Å². The highest BCUT2D eigenvalue weighted by Crippen LogP contribution is 2.27. The van der Waals surface area contributed by atoms with Crippen molar-refractivity contribution >= 4 is 11.3 Å². The van der Waals surface area contributed by atoms with E-state index in [-0.39, 0.29) is 5.75 Å². The zero-order chi connectivity index (χ0) is 19.8. The molecule has 0 aliphatic carbocycles. The SMILES string of the molecule is CN1CCN(c2ccc(-c3cn4c(-c5cccc(O)c5)cnc4cn3)cc2)CC1. The number of benzene rings is 2. The number of piperazine rings is 1. The molecule has 2 aromatic carbocycles. The summed E-state index contributed by atoms with van der Waals surface area (Å²) in [5, 5.41) is 9.82. The molecule has 0 amide bonds. The molecule has 0 radical (unpaired) electrons. The van der Waals surface area contributed by atoms with Crippen LogP contribution in [0.15, 0.2) is 67.1 Å². The van der Waals surface area contributed by atoms with Gasteiger partial charge < -0.3 is 14.9 Å². The second kappa shape index (κ2) is 7.22. The minimum absolute atomic E-state index is 0.242. The summed E-state index contributed by atoms with van der Waals surface area (Å²) < 4.78 is 2.02. The summed E-state index contributed by atoms with van der Waals surface area (Å²) in [6.45, 7) is 4.31. The zero-order valence-electron chi connectivity index (χ0n) is 16.4. The van der Waals surface area contributed by atoms with E-state index in [4.69, 9.17) is 0 Å². The molecule has 0 atom stereocenters. The van der Waals surface area contributed by atoms with Gasteiger partial charge in [-0.15, -0.1) is 0 Å². The lowest BCUT2D eigenvalue weighted by Gasteiger charge is -2.34. The standard InChI is InChI=1S/C23H23N5O/c1-26-9-11-27(12-10-26)19-7-5-17(6-8-19)21-16-28-22(14-25-23(28)15-24-21)18-3-2-4-20(29)13-18/h2-8,13-16,29H,9-12H2,1H3. The highest BCUT2D eigenvalue weighted by Gasteiger charge is 2.14. The number of hydrogen-bond acceptors (Lipinski definition) is 5. The van der Waals surface area contributed by atoms with E-state index in [2.05, 4.69) is 51.1 Å². The van der Waals surface area contributed by atoms with Gasteiger partial charge in [0, 0.05) is 49.2 Å². The van der Waals surface area contributed by atoms with E-state index >= 15 is 0 Å². The molecule has 1 fully saturated rings. The van der Waals surface area contributed by atoms with E-state index in [0.717, 1.165) is 54.3 Å². The summed E-state index contributed by atoms with van der Waals surface area (Å²) in [6.07, 6.45) is 5.61. The fourth-order valence-corrected chi connectivity index (χ4v) is 3.82. The van der Waals surface area contributed by atoms with E-state index < -0.39 is 0 Å². The van der Waals surface area contributed by atoms with Gasteiger partial charge in [0.25, 0.3) is 0 Å². The first-order chi connectivity index (χ1) is 14.2. The summed E-state index contributed by atoms with van der Waals surface area (Å²) in [4.78, 5) is 13.8. The summed E-state index contributed by atoms with van der Waals surface area (Å²) in [5.41, 5.74) is 5.84. The van der Waals surface area contributed by atoms with Gasteiger partial charge in [-0.3, -0.25) is 9.38 Å². The molecular weight excluding hydrogens is 362 g/mol. The molecule has 4 aromatic rings. The molecule has 1 aliphatic heterocycles. The lowest BCUT2D eigenvalue weighted by atomic mass is 10.1. The Balaban J connectivity index is 1.47. The summed E-state index contributed by atoms with van der Waals surface area (Å²) >= 11 is 0. The minimum Gasteiger partial charge on any atom is -0.508 e. The number of aromatic nitrogens is 3. The van der Waals surface area contributed by atoms with Gasteiger partial charge in [-0.2, -0.15) is 0 Å². The van der Waals surface area contributed by atoms with Crippen LogP contribution in [0.5, 0.6) is 5.75 Å². The Bertz CT molecular complexity index is 1140. The van der Waals surface area contributed by atoms with E-state index in [0.29, 0.717) is 0 Å². The average molecular weight is 385 g/mol. The molecule has 1 N–H and O–H groups in total. The maximum Gasteiger partial charge on any atom is 0.155 e. The van der Waals surface area contributed by atoms with Gasteiger partial charge in [0.15, 0.2) is 5.65 Å². The van der Waals surface area contributed by atoms with Crippen LogP contribution >= 0.6 is 0 Å². The van der Waals surface area contributed by atoms with Crippen LogP contribution in [0.2, 0.25) is 0 Å². The number of phenols is 1. The van der Waals surface area contributed by atoms with Gasteiger partial charge in [-0.05, 0) is 31.3 Å². The Morgan fingerprint density at radius 3 is 2.41 bits per heavy atom. The largest absolute Gasteiger partial charge is 0.508 e. The molecule has 0 saturated carbocycles. The zero-order valence-corrected chi connectivity index (χ0v) is 16.4. The Morgan fingerprint density at radius 1 is 0.862 bits per heavy atom. The average Bonchev–Trinajstić information content (AvgIpc) is 3.18. The number of likely N-dealkylation sites (N-methyl/N-ethyl adjacent to an activating group) is 1. The monoisotopic (exact) mass is 385 g/mol. The van der Waals surface area contributed by atoms with Gasteiger partial charge in [-0.25, -0.2) is 4.98 Å². The van der Waals surface area contributed by atoms with Crippen LogP contribution in [0.3, 0.4) is 0 Å². The Labute approximate surface area is 169 Å². The molecular formula is C23H23N5O. The highest BCUT2D eigenvalue weighted by atomic mass is 16.3. The lowest BCUT2D eigenvalue weighted by molar-refractivity contribution is 0.313. The van der Waals surface area contributed by atoms with Crippen LogP contribution in [-0.2, 0) is 0 Å². The first-order valence-electron chi connectivity index (χ1n) is 9.84. The molecule has 0 spiro atoms. The predicted molar refractivity (Wildman–Crippen MR) is 115 cm³/mol. The maximum absolute atomic E-state index is 9.82. The van der Waals surface area contributed by atoms with Gasteiger partial charge in [0.1, 0.15) is 5.75 Å².